The summed E-state index contributed by atoms with van der Waals surface area (Å²) in [5.41, 5.74) is 0.469. The van der Waals surface area contributed by atoms with Crippen LogP contribution in [0.4, 0.5) is 0 Å². The molecule has 0 radical (unpaired) electrons. The molecule has 3 aromatic carbocycles. The molecule has 39 heavy (non-hydrogen) atoms. The van der Waals surface area contributed by atoms with Crippen LogP contribution in [0.1, 0.15) is 20.8 Å². The molecule has 200 valence electrons. The first-order valence-corrected chi connectivity index (χ1v) is 15.9. The Kier molecular flexibility index (Phi) is 7.66. The molecule has 1 fully saturated rings. The molecule has 0 aromatic heterocycles. The lowest BCUT2D eigenvalue weighted by Crippen LogP contribution is -2.69. The number of amides is 2. The van der Waals surface area contributed by atoms with Crippen molar-refractivity contribution in [1.82, 2.24) is 10.2 Å². The molecule has 0 saturated carbocycles. The maximum absolute atomic E-state index is 13.8. The second kappa shape index (κ2) is 11.0. The first-order valence-electron chi connectivity index (χ1n) is 12.9. The summed E-state index contributed by atoms with van der Waals surface area (Å²) in [6, 6.07) is 30.7. The van der Waals surface area contributed by atoms with E-state index < -0.39 is 24.9 Å². The number of hydrogen-bond acceptors (Lipinski definition) is 5. The smallest absolute Gasteiger partial charge is 0.355 e. The molecule has 2 aliphatic heterocycles. The van der Waals surface area contributed by atoms with E-state index in [0.29, 0.717) is 24.0 Å². The number of fused-ring (bicyclic) bond motifs is 1. The van der Waals surface area contributed by atoms with Crippen molar-refractivity contribution in [3.63, 3.8) is 0 Å². The molecule has 0 aliphatic carbocycles. The van der Waals surface area contributed by atoms with Gasteiger partial charge in [-0.3, -0.25) is 14.5 Å². The van der Waals surface area contributed by atoms with Crippen LogP contribution in [-0.4, -0.2) is 52.1 Å². The summed E-state index contributed by atoms with van der Waals surface area (Å²) in [7, 11) is -2.31. The second-order valence-electron chi connectivity index (χ2n) is 10.6. The molecule has 6 nitrogen and oxygen atoms in total. The van der Waals surface area contributed by atoms with Gasteiger partial charge in [-0.15, -0.1) is 11.8 Å². The lowest BCUT2D eigenvalue weighted by Gasteiger charge is -2.49. The third kappa shape index (κ3) is 5.13. The van der Waals surface area contributed by atoms with Crippen LogP contribution >= 0.6 is 19.0 Å². The number of nitrogens with zero attached hydrogens (tertiary/aromatic N) is 1. The summed E-state index contributed by atoms with van der Waals surface area (Å²) in [5, 5.41) is 5.86. The number of thioether (sulfide) groups is 1. The summed E-state index contributed by atoms with van der Waals surface area (Å²) in [5.74, 6) is -0.248. The van der Waals surface area contributed by atoms with Gasteiger partial charge in [0.15, 0.2) is 0 Å². The Morgan fingerprint density at radius 3 is 1.87 bits per heavy atom. The van der Waals surface area contributed by atoms with Crippen molar-refractivity contribution in [1.29, 1.82) is 0 Å². The normalized spacial score (nSPS) is 19.2. The van der Waals surface area contributed by atoms with E-state index in [9.17, 15) is 14.4 Å². The van der Waals surface area contributed by atoms with Crippen LogP contribution < -0.4 is 21.2 Å². The summed E-state index contributed by atoms with van der Waals surface area (Å²) in [4.78, 5) is 39.7. The van der Waals surface area contributed by atoms with Gasteiger partial charge >= 0.3 is 5.97 Å². The summed E-state index contributed by atoms with van der Waals surface area (Å²) >= 11 is 1.57. The van der Waals surface area contributed by atoms with E-state index in [2.05, 4.69) is 78.1 Å². The first-order chi connectivity index (χ1) is 18.8. The monoisotopic (exact) mass is 559 g/mol. The maximum atomic E-state index is 13.8. The number of benzene rings is 3. The summed E-state index contributed by atoms with van der Waals surface area (Å²) in [6.45, 7) is 5.47. The summed E-state index contributed by atoms with van der Waals surface area (Å²) < 4.78 is 5.86. The molecule has 0 unspecified atom stereocenters. The average Bonchev–Trinajstić information content (AvgIpc) is 2.94. The number of ether oxygens (including phenoxy) is 1. The molecule has 1 saturated heterocycles. The standard InChI is InChI=1S/C31H31N2O4PS/c1-31(2,3)37-30(36)27-22(20-39-29-26(32-21-34)28(35)33(27)29)19-38(23-13-7-4-8-14-23,24-15-9-5-10-16-24)25-17-11-6-12-18-25/h4-18,21,26,29H,19-20H2,1-3H3/p+1/t26-,29+/m1/s1. The second-order valence-corrected chi connectivity index (χ2v) is 15.2. The highest BCUT2D eigenvalue weighted by Crippen LogP contribution is 2.58. The van der Waals surface area contributed by atoms with Crippen molar-refractivity contribution in [2.24, 2.45) is 0 Å². The number of esters is 1. The number of carbonyl (C=O) groups is 3. The Hall–Kier alpha value is -3.41. The largest absolute Gasteiger partial charge is 0.455 e. The van der Waals surface area contributed by atoms with E-state index >= 15 is 0 Å². The van der Waals surface area contributed by atoms with E-state index in [0.717, 1.165) is 5.57 Å². The molecular weight excluding hydrogens is 527 g/mol. The molecule has 0 bridgehead atoms. The topological polar surface area (TPSA) is 75.7 Å². The highest BCUT2D eigenvalue weighted by atomic mass is 32.2. The SMILES string of the molecule is CC(C)(C)OC(=O)C1=C(C[P+](c2ccccc2)(c2ccccc2)c2ccccc2)CS[C@H]2[C@H](NC=O)C(=O)N12. The predicted molar refractivity (Wildman–Crippen MR) is 159 cm³/mol. The minimum atomic E-state index is -2.31. The van der Waals surface area contributed by atoms with Gasteiger partial charge in [-0.05, 0) is 57.2 Å². The van der Waals surface area contributed by atoms with E-state index in [1.807, 2.05) is 39.0 Å². The molecule has 3 aromatic rings. The highest BCUT2D eigenvalue weighted by Gasteiger charge is 2.56. The first kappa shape index (κ1) is 27.2. The van der Waals surface area contributed by atoms with E-state index in [-0.39, 0.29) is 11.3 Å². The third-order valence-corrected chi connectivity index (χ3v) is 12.6. The van der Waals surface area contributed by atoms with E-state index in [1.165, 1.54) is 20.8 Å². The third-order valence-electron chi connectivity index (χ3n) is 6.91. The van der Waals surface area contributed by atoms with Gasteiger partial charge in [0, 0.05) is 11.3 Å². The quantitative estimate of drug-likeness (QED) is 0.198. The Morgan fingerprint density at radius 1 is 0.949 bits per heavy atom. The number of hydrogen-bond donors (Lipinski definition) is 1. The molecule has 5 rings (SSSR count). The number of rotatable bonds is 8. The molecule has 2 aliphatic rings. The van der Waals surface area contributed by atoms with Crippen molar-refractivity contribution >= 4 is 53.2 Å². The van der Waals surface area contributed by atoms with Crippen LogP contribution in [0.25, 0.3) is 0 Å². The lowest BCUT2D eigenvalue weighted by molar-refractivity contribution is -0.158. The Balaban J connectivity index is 1.72. The molecule has 1 N–H and O–H groups in total. The van der Waals surface area contributed by atoms with Crippen molar-refractivity contribution in [2.75, 3.05) is 11.9 Å². The van der Waals surface area contributed by atoms with Crippen LogP contribution in [-0.2, 0) is 19.1 Å². The zero-order chi connectivity index (χ0) is 27.6. The van der Waals surface area contributed by atoms with Gasteiger partial charge in [0.2, 0.25) is 6.41 Å². The average molecular weight is 560 g/mol. The fraction of sp³-hybridized carbons (Fsp3) is 0.258. The van der Waals surface area contributed by atoms with Gasteiger partial charge in [0.1, 0.15) is 45.9 Å². The van der Waals surface area contributed by atoms with Crippen LogP contribution in [0, 0.1) is 0 Å². The van der Waals surface area contributed by atoms with Crippen LogP contribution in [0.3, 0.4) is 0 Å². The van der Waals surface area contributed by atoms with E-state index in [4.69, 9.17) is 4.74 Å². The maximum Gasteiger partial charge on any atom is 0.355 e. The van der Waals surface area contributed by atoms with Gasteiger partial charge in [-0.1, -0.05) is 54.6 Å². The van der Waals surface area contributed by atoms with Gasteiger partial charge in [0.25, 0.3) is 5.91 Å². The van der Waals surface area contributed by atoms with Crippen LogP contribution in [0.15, 0.2) is 102 Å². The van der Waals surface area contributed by atoms with E-state index in [1.54, 1.807) is 11.8 Å². The summed E-state index contributed by atoms with van der Waals surface area (Å²) in [6.07, 6.45) is 1.12. The molecule has 2 amide bonds. The predicted octanol–water partition coefficient (Wildman–Crippen LogP) is 3.61. The van der Waals surface area contributed by atoms with Gasteiger partial charge in [0.05, 0.1) is 6.16 Å². The van der Waals surface area contributed by atoms with Crippen molar-refractivity contribution in [2.45, 2.75) is 37.8 Å². The molecular formula is C31H32N2O4PS+. The number of β-lactam (4-membered cyclic amide) rings is 1. The molecule has 8 heteroatoms. The van der Waals surface area contributed by atoms with Crippen LogP contribution in [0.5, 0.6) is 0 Å². The Labute approximate surface area is 234 Å². The minimum Gasteiger partial charge on any atom is -0.455 e. The molecule has 0 spiro atoms. The zero-order valence-electron chi connectivity index (χ0n) is 22.2. The van der Waals surface area contributed by atoms with Gasteiger partial charge in [-0.2, -0.15) is 0 Å². The fourth-order valence-electron chi connectivity index (χ4n) is 5.27. The van der Waals surface area contributed by atoms with Gasteiger partial charge < -0.3 is 10.1 Å². The number of carbonyl (C=O) groups excluding carboxylic acids is 3. The Morgan fingerprint density at radius 2 is 1.44 bits per heavy atom. The Bertz CT molecular complexity index is 1290. The lowest BCUT2D eigenvalue weighted by atomic mass is 10.0. The zero-order valence-corrected chi connectivity index (χ0v) is 24.0. The minimum absolute atomic E-state index is 0.291. The van der Waals surface area contributed by atoms with Crippen LogP contribution in [0.2, 0.25) is 0 Å². The van der Waals surface area contributed by atoms with Crippen molar-refractivity contribution in [3.05, 3.63) is 102 Å². The molecule has 2 atom stereocenters. The molecule has 2 heterocycles. The van der Waals surface area contributed by atoms with Crippen molar-refractivity contribution < 1.29 is 19.1 Å². The van der Waals surface area contributed by atoms with Crippen molar-refractivity contribution in [3.8, 4) is 0 Å². The highest BCUT2D eigenvalue weighted by molar-refractivity contribution is 8.00. The van der Waals surface area contributed by atoms with Gasteiger partial charge in [-0.25, -0.2) is 4.79 Å². The fourth-order valence-corrected chi connectivity index (χ4v) is 11.1. The number of nitrogens with one attached hydrogen (secondary N) is 1.